The molecule has 1 N–H and O–H groups in total. The van der Waals surface area contributed by atoms with E-state index in [1.165, 1.54) is 19.4 Å². The van der Waals surface area contributed by atoms with E-state index in [9.17, 15) is 0 Å². The van der Waals surface area contributed by atoms with Gasteiger partial charge in [-0.1, -0.05) is 6.92 Å². The highest BCUT2D eigenvalue weighted by Crippen LogP contribution is 2.17. The molecule has 0 amide bonds. The number of imidazole rings is 1. The van der Waals surface area contributed by atoms with Gasteiger partial charge in [0.2, 0.25) is 5.95 Å². The van der Waals surface area contributed by atoms with Crippen molar-refractivity contribution >= 4 is 5.95 Å². The fourth-order valence-corrected chi connectivity index (χ4v) is 2.80. The van der Waals surface area contributed by atoms with E-state index in [-0.39, 0.29) is 0 Å². The summed E-state index contributed by atoms with van der Waals surface area (Å²) in [5.41, 5.74) is 1.05. The van der Waals surface area contributed by atoms with Crippen molar-refractivity contribution in [1.82, 2.24) is 14.5 Å². The standard InChI is InChI=1S/C14H26N4O/c1-4-17-7-5-6-13(17)10-15-14-16-12(2)11-18(14)8-9-19-3/h11,13H,4-10H2,1-3H3,(H,15,16). The van der Waals surface area contributed by atoms with E-state index >= 15 is 0 Å². The van der Waals surface area contributed by atoms with Crippen molar-refractivity contribution < 1.29 is 4.74 Å². The highest BCUT2D eigenvalue weighted by molar-refractivity contribution is 5.29. The molecule has 0 bridgehead atoms. The molecule has 5 nitrogen and oxygen atoms in total. The average Bonchev–Trinajstić information content (AvgIpc) is 2.99. The van der Waals surface area contributed by atoms with Crippen LogP contribution < -0.4 is 5.32 Å². The van der Waals surface area contributed by atoms with Gasteiger partial charge in [-0.3, -0.25) is 4.90 Å². The van der Waals surface area contributed by atoms with Gasteiger partial charge in [-0.05, 0) is 32.9 Å². The molecule has 0 spiro atoms. The van der Waals surface area contributed by atoms with Crippen LogP contribution in [0.5, 0.6) is 0 Å². The van der Waals surface area contributed by atoms with Crippen LogP contribution in [0.4, 0.5) is 5.95 Å². The SMILES string of the molecule is CCN1CCCC1CNc1nc(C)cn1CCOC. The van der Waals surface area contributed by atoms with E-state index < -0.39 is 0 Å². The molecule has 0 radical (unpaired) electrons. The van der Waals surface area contributed by atoms with Gasteiger partial charge in [-0.15, -0.1) is 0 Å². The van der Waals surface area contributed by atoms with Crippen LogP contribution in [0.1, 0.15) is 25.5 Å². The number of hydrogen-bond acceptors (Lipinski definition) is 4. The Hall–Kier alpha value is -1.07. The lowest BCUT2D eigenvalue weighted by atomic mass is 10.2. The first-order chi connectivity index (χ1) is 9.24. The number of aryl methyl sites for hydroxylation is 1. The van der Waals surface area contributed by atoms with Crippen LogP contribution in [-0.2, 0) is 11.3 Å². The molecule has 0 aliphatic carbocycles. The van der Waals surface area contributed by atoms with Crippen molar-refractivity contribution in [2.75, 3.05) is 38.7 Å². The van der Waals surface area contributed by atoms with E-state index in [4.69, 9.17) is 4.74 Å². The fourth-order valence-electron chi connectivity index (χ4n) is 2.80. The molecule has 0 saturated carbocycles. The van der Waals surface area contributed by atoms with Gasteiger partial charge < -0.3 is 14.6 Å². The Labute approximate surface area is 116 Å². The smallest absolute Gasteiger partial charge is 0.203 e. The summed E-state index contributed by atoms with van der Waals surface area (Å²) < 4.78 is 7.28. The molecule has 1 saturated heterocycles. The topological polar surface area (TPSA) is 42.3 Å². The maximum atomic E-state index is 5.14. The number of likely N-dealkylation sites (N-methyl/N-ethyl adjacent to an activating group) is 1. The number of hydrogen-bond donors (Lipinski definition) is 1. The number of anilines is 1. The van der Waals surface area contributed by atoms with Crippen molar-refractivity contribution in [3.8, 4) is 0 Å². The van der Waals surface area contributed by atoms with E-state index in [1.54, 1.807) is 7.11 Å². The first-order valence-corrected chi connectivity index (χ1v) is 7.25. The first kappa shape index (κ1) is 14.3. The largest absolute Gasteiger partial charge is 0.383 e. The zero-order valence-electron chi connectivity index (χ0n) is 12.4. The number of aromatic nitrogens is 2. The molecule has 2 heterocycles. The van der Waals surface area contributed by atoms with E-state index in [1.807, 2.05) is 6.92 Å². The number of nitrogens with zero attached hydrogens (tertiary/aromatic N) is 3. The van der Waals surface area contributed by atoms with Gasteiger partial charge in [-0.2, -0.15) is 0 Å². The van der Waals surface area contributed by atoms with Crippen LogP contribution in [0.25, 0.3) is 0 Å². The number of methoxy groups -OCH3 is 1. The van der Waals surface area contributed by atoms with Crippen LogP contribution in [0.15, 0.2) is 6.20 Å². The minimum Gasteiger partial charge on any atom is -0.383 e. The maximum Gasteiger partial charge on any atom is 0.203 e. The number of ether oxygens (including phenoxy) is 1. The van der Waals surface area contributed by atoms with Gasteiger partial charge in [0, 0.05) is 32.4 Å². The third kappa shape index (κ3) is 3.70. The molecular formula is C14H26N4O. The summed E-state index contributed by atoms with van der Waals surface area (Å²) in [7, 11) is 1.73. The van der Waals surface area contributed by atoms with Gasteiger partial charge in [0.05, 0.1) is 12.3 Å². The fraction of sp³-hybridized carbons (Fsp3) is 0.786. The summed E-state index contributed by atoms with van der Waals surface area (Å²) >= 11 is 0. The van der Waals surface area contributed by atoms with Gasteiger partial charge in [0.25, 0.3) is 0 Å². The van der Waals surface area contributed by atoms with Crippen LogP contribution in [0, 0.1) is 6.92 Å². The van der Waals surface area contributed by atoms with Crippen molar-refractivity contribution in [3.63, 3.8) is 0 Å². The van der Waals surface area contributed by atoms with Crippen LogP contribution in [-0.4, -0.2) is 53.8 Å². The molecule has 1 fully saturated rings. The second kappa shape index (κ2) is 6.91. The lowest BCUT2D eigenvalue weighted by Crippen LogP contribution is -2.35. The summed E-state index contributed by atoms with van der Waals surface area (Å²) in [5.74, 6) is 0.970. The molecule has 2 rings (SSSR count). The Morgan fingerprint density at radius 3 is 3.11 bits per heavy atom. The second-order valence-corrected chi connectivity index (χ2v) is 5.20. The quantitative estimate of drug-likeness (QED) is 0.816. The minimum absolute atomic E-state index is 0.651. The summed E-state index contributed by atoms with van der Waals surface area (Å²) in [5, 5.41) is 3.50. The Morgan fingerprint density at radius 1 is 1.53 bits per heavy atom. The number of nitrogens with one attached hydrogen (secondary N) is 1. The maximum absolute atomic E-state index is 5.14. The zero-order valence-corrected chi connectivity index (χ0v) is 12.4. The van der Waals surface area contributed by atoms with Crippen LogP contribution in [0.2, 0.25) is 0 Å². The highest BCUT2D eigenvalue weighted by Gasteiger charge is 2.22. The summed E-state index contributed by atoms with van der Waals surface area (Å²) in [6.45, 7) is 9.20. The van der Waals surface area contributed by atoms with E-state index in [2.05, 4.69) is 32.9 Å². The predicted octanol–water partition coefficient (Wildman–Crippen LogP) is 1.73. The normalized spacial score (nSPS) is 20.1. The molecular weight excluding hydrogens is 240 g/mol. The van der Waals surface area contributed by atoms with Gasteiger partial charge >= 0.3 is 0 Å². The molecule has 1 aliphatic heterocycles. The molecule has 5 heteroatoms. The van der Waals surface area contributed by atoms with Crippen LogP contribution >= 0.6 is 0 Å². The summed E-state index contributed by atoms with van der Waals surface area (Å²) in [4.78, 5) is 7.10. The minimum atomic E-state index is 0.651. The number of likely N-dealkylation sites (tertiary alicyclic amines) is 1. The lowest BCUT2D eigenvalue weighted by Gasteiger charge is -2.23. The lowest BCUT2D eigenvalue weighted by molar-refractivity contribution is 0.187. The molecule has 108 valence electrons. The molecule has 0 aromatic carbocycles. The Morgan fingerprint density at radius 2 is 2.37 bits per heavy atom. The second-order valence-electron chi connectivity index (χ2n) is 5.20. The Balaban J connectivity index is 1.91. The Kier molecular flexibility index (Phi) is 5.22. The molecule has 1 aromatic rings. The molecule has 1 aromatic heterocycles. The van der Waals surface area contributed by atoms with Crippen molar-refractivity contribution in [2.24, 2.45) is 0 Å². The molecule has 1 atom stereocenters. The molecule has 1 unspecified atom stereocenters. The monoisotopic (exact) mass is 266 g/mol. The zero-order chi connectivity index (χ0) is 13.7. The Bertz CT molecular complexity index is 391. The third-order valence-corrected chi connectivity index (χ3v) is 3.83. The highest BCUT2D eigenvalue weighted by atomic mass is 16.5. The molecule has 19 heavy (non-hydrogen) atoms. The van der Waals surface area contributed by atoms with Crippen molar-refractivity contribution in [2.45, 2.75) is 39.3 Å². The van der Waals surface area contributed by atoms with E-state index in [0.29, 0.717) is 6.04 Å². The van der Waals surface area contributed by atoms with Gasteiger partial charge in [0.15, 0.2) is 0 Å². The van der Waals surface area contributed by atoms with Crippen LogP contribution in [0.3, 0.4) is 0 Å². The number of rotatable bonds is 7. The van der Waals surface area contributed by atoms with Crippen molar-refractivity contribution in [3.05, 3.63) is 11.9 Å². The first-order valence-electron chi connectivity index (χ1n) is 7.25. The molecule has 1 aliphatic rings. The average molecular weight is 266 g/mol. The van der Waals surface area contributed by atoms with Crippen molar-refractivity contribution in [1.29, 1.82) is 0 Å². The van der Waals surface area contributed by atoms with Gasteiger partial charge in [0.1, 0.15) is 0 Å². The summed E-state index contributed by atoms with van der Waals surface area (Å²) in [6, 6.07) is 0.651. The predicted molar refractivity (Wildman–Crippen MR) is 77.6 cm³/mol. The summed E-state index contributed by atoms with van der Waals surface area (Å²) in [6.07, 6.45) is 4.68. The third-order valence-electron chi connectivity index (χ3n) is 3.83. The van der Waals surface area contributed by atoms with E-state index in [0.717, 1.165) is 37.9 Å². The van der Waals surface area contributed by atoms with Gasteiger partial charge in [-0.25, -0.2) is 4.98 Å².